The summed E-state index contributed by atoms with van der Waals surface area (Å²) in [6.07, 6.45) is 5.36. The second kappa shape index (κ2) is 18.2. The first-order chi connectivity index (χ1) is 22.5. The van der Waals surface area contributed by atoms with Crippen molar-refractivity contribution in [2.24, 2.45) is 0 Å². The van der Waals surface area contributed by atoms with E-state index in [2.05, 4.69) is 61.1 Å². The van der Waals surface area contributed by atoms with Gasteiger partial charge in [-0.15, -0.1) is 0 Å². The van der Waals surface area contributed by atoms with Crippen molar-refractivity contribution in [2.75, 3.05) is 26.4 Å². The third kappa shape index (κ3) is 11.4. The molecule has 0 fully saturated rings. The summed E-state index contributed by atoms with van der Waals surface area (Å²) in [7, 11) is 0. The Morgan fingerprint density at radius 2 is 0.848 bits per heavy atom. The van der Waals surface area contributed by atoms with Gasteiger partial charge in [-0.2, -0.15) is 0 Å². The zero-order chi connectivity index (χ0) is 32.4. The molecule has 0 unspecified atom stereocenters. The van der Waals surface area contributed by atoms with Crippen molar-refractivity contribution in [3.8, 4) is 35.2 Å². The van der Waals surface area contributed by atoms with Gasteiger partial charge in [0, 0.05) is 34.4 Å². The van der Waals surface area contributed by atoms with E-state index in [9.17, 15) is 9.59 Å². The summed E-state index contributed by atoms with van der Waals surface area (Å²) in [5.41, 5.74) is 3.67. The summed E-state index contributed by atoms with van der Waals surface area (Å²) >= 11 is 0. The first kappa shape index (κ1) is 33.2. The Morgan fingerprint density at radius 3 is 1.24 bits per heavy atom. The lowest BCUT2D eigenvalue weighted by Crippen LogP contribution is -2.04. The standard InChI is InChI=1S/C40H36O6/c1-3-39(41)45-27-7-5-25-43-37-21-15-31(16-22-37)9-11-33-13-19-36-30-34(14-20-35(36)29-33)12-10-32-17-23-38(24-18-32)44-26-6-8-28-46-40(42)4-2/h3-4,13-24,29-30H,1-2,5-8,25-28H2. The smallest absolute Gasteiger partial charge is 0.330 e. The van der Waals surface area contributed by atoms with Crippen molar-refractivity contribution in [2.45, 2.75) is 25.7 Å². The number of unbranched alkanes of at least 4 members (excludes halogenated alkanes) is 2. The molecule has 4 aromatic rings. The molecule has 6 nitrogen and oxygen atoms in total. The fourth-order valence-corrected chi connectivity index (χ4v) is 4.21. The fraction of sp³-hybridized carbons (Fsp3) is 0.200. The summed E-state index contributed by atoms with van der Waals surface area (Å²) in [6, 6.07) is 27.7. The zero-order valence-electron chi connectivity index (χ0n) is 25.8. The Hall–Kier alpha value is -5.72. The van der Waals surface area contributed by atoms with Crippen molar-refractivity contribution in [3.63, 3.8) is 0 Å². The first-order valence-corrected chi connectivity index (χ1v) is 15.1. The summed E-state index contributed by atoms with van der Waals surface area (Å²) in [5.74, 6) is 13.7. The highest BCUT2D eigenvalue weighted by atomic mass is 16.5. The fourth-order valence-electron chi connectivity index (χ4n) is 4.21. The van der Waals surface area contributed by atoms with Crippen LogP contribution in [0.5, 0.6) is 11.5 Å². The van der Waals surface area contributed by atoms with Crippen molar-refractivity contribution < 1.29 is 28.5 Å². The van der Waals surface area contributed by atoms with Crippen LogP contribution in [-0.2, 0) is 19.1 Å². The minimum Gasteiger partial charge on any atom is -0.494 e. The number of hydrogen-bond acceptors (Lipinski definition) is 6. The molecule has 0 aromatic heterocycles. The molecule has 0 radical (unpaired) electrons. The molecule has 4 rings (SSSR count). The molecule has 0 aliphatic heterocycles. The molecule has 0 N–H and O–H groups in total. The highest BCUT2D eigenvalue weighted by Crippen LogP contribution is 2.19. The number of hydrogen-bond donors (Lipinski definition) is 0. The van der Waals surface area contributed by atoms with Gasteiger partial charge in [-0.1, -0.05) is 49.0 Å². The van der Waals surface area contributed by atoms with Crippen molar-refractivity contribution >= 4 is 22.7 Å². The zero-order valence-corrected chi connectivity index (χ0v) is 25.8. The molecular formula is C40H36O6. The van der Waals surface area contributed by atoms with Gasteiger partial charge in [0.1, 0.15) is 11.5 Å². The lowest BCUT2D eigenvalue weighted by molar-refractivity contribution is -0.138. The molecule has 46 heavy (non-hydrogen) atoms. The molecule has 0 saturated carbocycles. The second-order valence-electron chi connectivity index (χ2n) is 10.2. The first-order valence-electron chi connectivity index (χ1n) is 15.1. The largest absolute Gasteiger partial charge is 0.494 e. The molecule has 6 heteroatoms. The summed E-state index contributed by atoms with van der Waals surface area (Å²) in [4.78, 5) is 22.1. The average molecular weight is 613 g/mol. The quantitative estimate of drug-likeness (QED) is 0.0639. The van der Waals surface area contributed by atoms with Gasteiger partial charge in [0.25, 0.3) is 0 Å². The third-order valence-corrected chi connectivity index (χ3v) is 6.69. The average Bonchev–Trinajstić information content (AvgIpc) is 3.10. The summed E-state index contributed by atoms with van der Waals surface area (Å²) in [5, 5.41) is 2.20. The van der Waals surface area contributed by atoms with Crippen LogP contribution >= 0.6 is 0 Å². The topological polar surface area (TPSA) is 71.1 Å². The number of benzene rings is 4. The third-order valence-electron chi connectivity index (χ3n) is 6.69. The van der Waals surface area contributed by atoms with E-state index in [1.807, 2.05) is 60.7 Å². The van der Waals surface area contributed by atoms with Gasteiger partial charge in [0.15, 0.2) is 0 Å². The van der Waals surface area contributed by atoms with Gasteiger partial charge in [-0.25, -0.2) is 9.59 Å². The van der Waals surface area contributed by atoms with Crippen LogP contribution in [0.2, 0.25) is 0 Å². The summed E-state index contributed by atoms with van der Waals surface area (Å²) < 4.78 is 21.4. The van der Waals surface area contributed by atoms with Crippen LogP contribution in [0.25, 0.3) is 10.8 Å². The molecule has 0 bridgehead atoms. The van der Waals surface area contributed by atoms with Crippen molar-refractivity contribution in [1.29, 1.82) is 0 Å². The van der Waals surface area contributed by atoms with Crippen molar-refractivity contribution in [1.82, 2.24) is 0 Å². The van der Waals surface area contributed by atoms with Crippen LogP contribution in [0.4, 0.5) is 0 Å². The van der Waals surface area contributed by atoms with Crippen LogP contribution in [0.3, 0.4) is 0 Å². The minimum atomic E-state index is -0.403. The van der Waals surface area contributed by atoms with E-state index in [4.69, 9.17) is 18.9 Å². The predicted molar refractivity (Wildman–Crippen MR) is 181 cm³/mol. The highest BCUT2D eigenvalue weighted by molar-refractivity contribution is 5.85. The molecule has 0 saturated heterocycles. The van der Waals surface area contributed by atoms with Gasteiger partial charge in [0.05, 0.1) is 26.4 Å². The Bertz CT molecular complexity index is 1630. The van der Waals surface area contributed by atoms with Crippen molar-refractivity contribution in [3.05, 3.63) is 132 Å². The van der Waals surface area contributed by atoms with Crippen LogP contribution < -0.4 is 9.47 Å². The van der Waals surface area contributed by atoms with Crippen LogP contribution in [0.15, 0.2) is 110 Å². The van der Waals surface area contributed by atoms with E-state index in [-0.39, 0.29) is 0 Å². The van der Waals surface area contributed by atoms with E-state index in [1.54, 1.807) is 0 Å². The van der Waals surface area contributed by atoms with E-state index in [0.717, 1.165) is 82.4 Å². The Balaban J connectivity index is 1.24. The lowest BCUT2D eigenvalue weighted by atomic mass is 10.0. The van der Waals surface area contributed by atoms with Crippen LogP contribution in [-0.4, -0.2) is 38.4 Å². The summed E-state index contributed by atoms with van der Waals surface area (Å²) in [6.45, 7) is 8.56. The van der Waals surface area contributed by atoms with E-state index < -0.39 is 11.9 Å². The predicted octanol–water partition coefficient (Wildman–Crippen LogP) is 7.42. The number of carbonyl (C=O) groups is 2. The SMILES string of the molecule is C=CC(=O)OCCCCOc1ccc(C#Cc2ccc3cc(C#Cc4ccc(OCCCCOC(=O)C=C)cc4)ccc3c2)cc1. The molecule has 0 aliphatic carbocycles. The molecular weight excluding hydrogens is 576 g/mol. The van der Waals surface area contributed by atoms with E-state index >= 15 is 0 Å². The minimum absolute atomic E-state index is 0.363. The molecule has 0 amide bonds. The van der Waals surface area contributed by atoms with Gasteiger partial charge < -0.3 is 18.9 Å². The van der Waals surface area contributed by atoms with E-state index in [1.165, 1.54) is 0 Å². The van der Waals surface area contributed by atoms with Gasteiger partial charge in [0.2, 0.25) is 0 Å². The maximum atomic E-state index is 11.0. The Morgan fingerprint density at radius 1 is 0.500 bits per heavy atom. The van der Waals surface area contributed by atoms with Gasteiger partial charge in [-0.05, 0) is 109 Å². The number of ether oxygens (including phenoxy) is 4. The molecule has 0 spiro atoms. The normalized spacial score (nSPS) is 10.0. The molecule has 0 aliphatic rings. The molecule has 0 atom stereocenters. The molecule has 232 valence electrons. The molecule has 4 aromatic carbocycles. The Kier molecular flexibility index (Phi) is 13.1. The lowest BCUT2D eigenvalue weighted by Gasteiger charge is -2.06. The number of esters is 2. The second-order valence-corrected chi connectivity index (χ2v) is 10.2. The van der Waals surface area contributed by atoms with E-state index in [0.29, 0.717) is 26.4 Å². The number of rotatable bonds is 14. The maximum absolute atomic E-state index is 11.0. The van der Waals surface area contributed by atoms with Crippen LogP contribution in [0.1, 0.15) is 47.9 Å². The number of fused-ring (bicyclic) bond motifs is 1. The Labute approximate surface area is 270 Å². The monoisotopic (exact) mass is 612 g/mol. The van der Waals surface area contributed by atoms with Gasteiger partial charge in [-0.3, -0.25) is 0 Å². The van der Waals surface area contributed by atoms with Gasteiger partial charge >= 0.3 is 11.9 Å². The molecule has 0 heterocycles. The van der Waals surface area contributed by atoms with Crippen LogP contribution in [0, 0.1) is 23.7 Å². The number of carbonyl (C=O) groups excluding carboxylic acids is 2. The maximum Gasteiger partial charge on any atom is 0.330 e. The highest BCUT2D eigenvalue weighted by Gasteiger charge is 2.00.